The molecule has 3 heterocycles. The van der Waals surface area contributed by atoms with Gasteiger partial charge < -0.3 is 14.8 Å². The summed E-state index contributed by atoms with van der Waals surface area (Å²) in [5.74, 6) is 0.674. The SMILES string of the molecule is Fc1cc(CNc2cc(-c3ccccc3F)nc3c(Br)cnn23)c2c(c1)OCCO2. The summed E-state index contributed by atoms with van der Waals surface area (Å²) >= 11 is 3.43. The topological polar surface area (TPSA) is 60.7 Å². The van der Waals surface area contributed by atoms with Gasteiger partial charge in [-0.2, -0.15) is 9.61 Å². The van der Waals surface area contributed by atoms with Gasteiger partial charge in [0.15, 0.2) is 17.1 Å². The van der Waals surface area contributed by atoms with Gasteiger partial charge in [0.2, 0.25) is 0 Å². The lowest BCUT2D eigenvalue weighted by atomic mass is 10.1. The molecule has 0 aliphatic carbocycles. The van der Waals surface area contributed by atoms with Gasteiger partial charge in [0, 0.05) is 29.8 Å². The molecule has 9 heteroatoms. The molecule has 2 aromatic heterocycles. The van der Waals surface area contributed by atoms with Crippen LogP contribution in [-0.4, -0.2) is 27.8 Å². The van der Waals surface area contributed by atoms with Crippen LogP contribution in [0.2, 0.25) is 0 Å². The third-order valence-electron chi connectivity index (χ3n) is 4.72. The number of anilines is 1. The van der Waals surface area contributed by atoms with E-state index < -0.39 is 5.82 Å². The Labute approximate surface area is 178 Å². The molecular formula is C21H15BrF2N4O2. The van der Waals surface area contributed by atoms with Gasteiger partial charge in [-0.1, -0.05) is 12.1 Å². The Balaban J connectivity index is 1.55. The van der Waals surface area contributed by atoms with Gasteiger partial charge in [0.1, 0.15) is 30.7 Å². The number of hydrogen-bond donors (Lipinski definition) is 1. The van der Waals surface area contributed by atoms with E-state index >= 15 is 0 Å². The van der Waals surface area contributed by atoms with Gasteiger partial charge in [-0.05, 0) is 34.1 Å². The van der Waals surface area contributed by atoms with Crippen molar-refractivity contribution in [3.63, 3.8) is 0 Å². The Morgan fingerprint density at radius 3 is 2.80 bits per heavy atom. The maximum absolute atomic E-state index is 14.4. The number of nitrogens with zero attached hydrogens (tertiary/aromatic N) is 3. The Bertz CT molecular complexity index is 1260. The van der Waals surface area contributed by atoms with E-state index in [1.807, 2.05) is 0 Å². The predicted octanol–water partition coefficient (Wildman–Crippen LogP) is 4.82. The molecule has 0 saturated heterocycles. The molecule has 2 aromatic carbocycles. The first-order valence-corrected chi connectivity index (χ1v) is 10.0. The highest BCUT2D eigenvalue weighted by molar-refractivity contribution is 9.10. The molecule has 1 aliphatic heterocycles. The molecule has 0 amide bonds. The van der Waals surface area contributed by atoms with E-state index in [0.29, 0.717) is 57.5 Å². The van der Waals surface area contributed by atoms with E-state index in [1.165, 1.54) is 18.2 Å². The highest BCUT2D eigenvalue weighted by Gasteiger charge is 2.19. The van der Waals surface area contributed by atoms with E-state index in [1.54, 1.807) is 35.0 Å². The highest BCUT2D eigenvalue weighted by atomic mass is 79.9. The third kappa shape index (κ3) is 3.35. The fraction of sp³-hybridized carbons (Fsp3) is 0.143. The zero-order valence-corrected chi connectivity index (χ0v) is 17.1. The van der Waals surface area contributed by atoms with Crippen molar-refractivity contribution in [2.45, 2.75) is 6.54 Å². The maximum Gasteiger partial charge on any atom is 0.172 e. The largest absolute Gasteiger partial charge is 0.486 e. The molecular weight excluding hydrogens is 458 g/mol. The molecule has 30 heavy (non-hydrogen) atoms. The lowest BCUT2D eigenvalue weighted by Gasteiger charge is -2.21. The average Bonchev–Trinajstić information content (AvgIpc) is 3.13. The molecule has 0 fully saturated rings. The van der Waals surface area contributed by atoms with Crippen LogP contribution in [0.15, 0.2) is 53.1 Å². The van der Waals surface area contributed by atoms with Crippen LogP contribution < -0.4 is 14.8 Å². The number of rotatable bonds is 4. The molecule has 1 aliphatic rings. The molecule has 0 atom stereocenters. The molecule has 0 unspecified atom stereocenters. The van der Waals surface area contributed by atoms with Gasteiger partial charge in [-0.15, -0.1) is 0 Å². The van der Waals surface area contributed by atoms with Gasteiger partial charge in [0.25, 0.3) is 0 Å². The molecule has 1 N–H and O–H groups in total. The molecule has 0 bridgehead atoms. The minimum absolute atomic E-state index is 0.247. The van der Waals surface area contributed by atoms with Crippen LogP contribution in [0.3, 0.4) is 0 Å². The smallest absolute Gasteiger partial charge is 0.172 e. The Morgan fingerprint density at radius 2 is 1.93 bits per heavy atom. The Kier molecular flexibility index (Phi) is 4.74. The first kappa shape index (κ1) is 18.8. The summed E-state index contributed by atoms with van der Waals surface area (Å²) in [6.45, 7) is 1.02. The van der Waals surface area contributed by atoms with Gasteiger partial charge >= 0.3 is 0 Å². The second-order valence-corrected chi connectivity index (χ2v) is 7.53. The monoisotopic (exact) mass is 472 g/mol. The fourth-order valence-corrected chi connectivity index (χ4v) is 3.72. The van der Waals surface area contributed by atoms with Crippen LogP contribution >= 0.6 is 15.9 Å². The fourth-order valence-electron chi connectivity index (χ4n) is 3.38. The van der Waals surface area contributed by atoms with Crippen molar-refractivity contribution in [3.05, 3.63) is 70.3 Å². The number of aromatic nitrogens is 3. The second-order valence-electron chi connectivity index (χ2n) is 6.68. The zero-order chi connectivity index (χ0) is 20.7. The van der Waals surface area contributed by atoms with Gasteiger partial charge in [-0.3, -0.25) is 0 Å². The van der Waals surface area contributed by atoms with Crippen molar-refractivity contribution in [1.82, 2.24) is 14.6 Å². The third-order valence-corrected chi connectivity index (χ3v) is 5.28. The van der Waals surface area contributed by atoms with Crippen LogP contribution in [0.4, 0.5) is 14.6 Å². The number of ether oxygens (including phenoxy) is 2. The van der Waals surface area contributed by atoms with Crippen LogP contribution in [0.1, 0.15) is 5.56 Å². The zero-order valence-electron chi connectivity index (χ0n) is 15.5. The highest BCUT2D eigenvalue weighted by Crippen LogP contribution is 2.35. The first-order chi connectivity index (χ1) is 14.6. The van der Waals surface area contributed by atoms with Gasteiger partial charge in [-0.25, -0.2) is 13.8 Å². The maximum atomic E-state index is 14.4. The molecule has 152 valence electrons. The lowest BCUT2D eigenvalue weighted by Crippen LogP contribution is -2.18. The van der Waals surface area contributed by atoms with Gasteiger partial charge in [0.05, 0.1) is 16.4 Å². The standard InChI is InChI=1S/C21H15BrF2N4O2/c22-15-11-26-28-19(9-17(27-21(15)28)14-3-1-2-4-16(14)24)25-10-12-7-13(23)8-18-20(12)30-6-5-29-18/h1-4,7-9,11,25H,5-6,10H2. The van der Waals surface area contributed by atoms with Crippen molar-refractivity contribution in [1.29, 1.82) is 0 Å². The summed E-state index contributed by atoms with van der Waals surface area (Å²) < 4.78 is 41.8. The molecule has 6 nitrogen and oxygen atoms in total. The molecule has 0 radical (unpaired) electrons. The van der Waals surface area contributed by atoms with Crippen molar-refractivity contribution in [2.24, 2.45) is 0 Å². The summed E-state index contributed by atoms with van der Waals surface area (Å²) in [5, 5.41) is 7.55. The first-order valence-electron chi connectivity index (χ1n) is 9.21. The number of halogens is 3. The van der Waals surface area contributed by atoms with Crippen LogP contribution in [-0.2, 0) is 6.54 Å². The number of benzene rings is 2. The van der Waals surface area contributed by atoms with Crippen LogP contribution in [0.25, 0.3) is 16.9 Å². The number of fused-ring (bicyclic) bond motifs is 2. The van der Waals surface area contributed by atoms with E-state index in [0.717, 1.165) is 0 Å². The van der Waals surface area contributed by atoms with Crippen LogP contribution in [0, 0.1) is 11.6 Å². The quantitative estimate of drug-likeness (QED) is 0.461. The van der Waals surface area contributed by atoms with Crippen molar-refractivity contribution >= 4 is 27.4 Å². The summed E-state index contributed by atoms with van der Waals surface area (Å²) in [6.07, 6.45) is 1.61. The van der Waals surface area contributed by atoms with Crippen molar-refractivity contribution < 1.29 is 18.3 Å². The minimum atomic E-state index is -0.412. The summed E-state index contributed by atoms with van der Waals surface area (Å²) in [6, 6.07) is 10.8. The summed E-state index contributed by atoms with van der Waals surface area (Å²) in [7, 11) is 0. The summed E-state index contributed by atoms with van der Waals surface area (Å²) in [4.78, 5) is 4.53. The average molecular weight is 473 g/mol. The van der Waals surface area contributed by atoms with Crippen LogP contribution in [0.5, 0.6) is 11.5 Å². The van der Waals surface area contributed by atoms with E-state index in [4.69, 9.17) is 9.47 Å². The van der Waals surface area contributed by atoms with E-state index in [2.05, 4.69) is 31.3 Å². The normalized spacial score (nSPS) is 12.9. The van der Waals surface area contributed by atoms with E-state index in [9.17, 15) is 8.78 Å². The minimum Gasteiger partial charge on any atom is -0.486 e. The molecule has 5 rings (SSSR count). The lowest BCUT2D eigenvalue weighted by molar-refractivity contribution is 0.169. The van der Waals surface area contributed by atoms with E-state index in [-0.39, 0.29) is 12.4 Å². The molecule has 4 aromatic rings. The van der Waals surface area contributed by atoms with Crippen molar-refractivity contribution in [3.8, 4) is 22.8 Å². The van der Waals surface area contributed by atoms with Crippen molar-refractivity contribution in [2.75, 3.05) is 18.5 Å². The second kappa shape index (κ2) is 7.56. The Morgan fingerprint density at radius 1 is 1.10 bits per heavy atom. The number of nitrogens with one attached hydrogen (secondary N) is 1. The Hall–Kier alpha value is -3.20. The predicted molar refractivity (Wildman–Crippen MR) is 111 cm³/mol. The molecule has 0 saturated carbocycles. The number of hydrogen-bond acceptors (Lipinski definition) is 5. The molecule has 0 spiro atoms. The summed E-state index contributed by atoms with van der Waals surface area (Å²) in [5.41, 5.74) is 1.95.